The second-order valence-electron chi connectivity index (χ2n) is 8.11. The normalized spacial score (nSPS) is 13.4. The van der Waals surface area contributed by atoms with Gasteiger partial charge in [-0.3, -0.25) is 0 Å². The summed E-state index contributed by atoms with van der Waals surface area (Å²) in [6.45, 7) is 10.5. The molecule has 0 saturated carbocycles. The van der Waals surface area contributed by atoms with Crippen molar-refractivity contribution < 1.29 is 0 Å². The van der Waals surface area contributed by atoms with Gasteiger partial charge in [-0.25, -0.2) is 0 Å². The second kappa shape index (κ2) is 12.1. The van der Waals surface area contributed by atoms with Gasteiger partial charge in [0.05, 0.1) is 0 Å². The van der Waals surface area contributed by atoms with E-state index in [1.807, 2.05) is 0 Å². The molecule has 160 valence electrons. The number of rotatable bonds is 12. The topological polar surface area (TPSA) is 64.1 Å². The third-order valence-corrected chi connectivity index (χ3v) is 6.01. The van der Waals surface area contributed by atoms with Gasteiger partial charge in [0.15, 0.2) is 0 Å². The maximum absolute atomic E-state index is 6.48. The Bertz CT molecular complexity index is 646. The summed E-state index contributed by atoms with van der Waals surface area (Å²) in [5, 5.41) is 3.53. The van der Waals surface area contributed by atoms with Crippen LogP contribution in [0.25, 0.3) is 0 Å². The molecule has 0 aromatic heterocycles. The molecule has 0 spiro atoms. The smallest absolute Gasteiger partial charge is 0.0206 e. The Morgan fingerprint density at radius 1 is 0.621 bits per heavy atom. The number of hydrogen-bond donors (Lipinski definition) is 3. The van der Waals surface area contributed by atoms with Crippen LogP contribution in [0.4, 0.5) is 0 Å². The first-order valence-electron chi connectivity index (χ1n) is 11.4. The van der Waals surface area contributed by atoms with Crippen LogP contribution >= 0.6 is 0 Å². The van der Waals surface area contributed by atoms with E-state index in [1.165, 1.54) is 33.4 Å². The van der Waals surface area contributed by atoms with Gasteiger partial charge in [0.25, 0.3) is 0 Å². The molecule has 0 radical (unpaired) electrons. The molecule has 3 nitrogen and oxygen atoms in total. The van der Waals surface area contributed by atoms with Crippen molar-refractivity contribution in [1.29, 1.82) is 0 Å². The van der Waals surface area contributed by atoms with Crippen molar-refractivity contribution in [3.05, 3.63) is 69.8 Å². The van der Waals surface area contributed by atoms with Crippen LogP contribution in [0.2, 0.25) is 0 Å². The molecule has 0 saturated heterocycles. The van der Waals surface area contributed by atoms with E-state index >= 15 is 0 Å². The minimum absolute atomic E-state index is 0.106. The zero-order valence-electron chi connectivity index (χ0n) is 18.9. The quantitative estimate of drug-likeness (QED) is 0.509. The van der Waals surface area contributed by atoms with Crippen molar-refractivity contribution in [2.24, 2.45) is 11.5 Å². The van der Waals surface area contributed by atoms with Gasteiger partial charge < -0.3 is 16.8 Å². The summed E-state index contributed by atoms with van der Waals surface area (Å²) in [6.07, 6.45) is 6.09. The molecule has 2 unspecified atom stereocenters. The maximum atomic E-state index is 6.48. The zero-order chi connectivity index (χ0) is 21.2. The van der Waals surface area contributed by atoms with Gasteiger partial charge in [-0.2, -0.15) is 0 Å². The molecule has 0 aliphatic carbocycles. The molecule has 0 aliphatic heterocycles. The van der Waals surface area contributed by atoms with Crippen molar-refractivity contribution in [3.63, 3.8) is 0 Å². The average molecular weight is 396 g/mol. The van der Waals surface area contributed by atoms with Gasteiger partial charge in [-0.15, -0.1) is 0 Å². The van der Waals surface area contributed by atoms with Gasteiger partial charge in [0, 0.05) is 25.2 Å². The lowest BCUT2D eigenvalue weighted by molar-refractivity contribution is 0.524. The van der Waals surface area contributed by atoms with Crippen LogP contribution < -0.4 is 16.8 Å². The maximum Gasteiger partial charge on any atom is 0.0206 e. The van der Waals surface area contributed by atoms with Crippen LogP contribution in [0.1, 0.15) is 61.1 Å². The van der Waals surface area contributed by atoms with Gasteiger partial charge in [0.2, 0.25) is 0 Å². The van der Waals surface area contributed by atoms with Gasteiger partial charge in [-0.1, -0.05) is 64.1 Å². The Labute approximate surface area is 178 Å². The Kier molecular flexibility index (Phi) is 9.86. The van der Waals surface area contributed by atoms with Crippen LogP contribution in [0.15, 0.2) is 36.4 Å². The fraction of sp³-hybridized carbons (Fsp3) is 0.538. The molecule has 0 amide bonds. The number of nitrogens with one attached hydrogen (secondary N) is 1. The van der Waals surface area contributed by atoms with Crippen molar-refractivity contribution in [2.45, 2.75) is 78.3 Å². The van der Waals surface area contributed by atoms with Crippen LogP contribution in [0.3, 0.4) is 0 Å². The van der Waals surface area contributed by atoms with E-state index in [2.05, 4.69) is 69.4 Å². The number of benzene rings is 2. The molecule has 0 aliphatic rings. The minimum atomic E-state index is 0.106. The molecule has 2 rings (SSSR count). The van der Waals surface area contributed by atoms with E-state index < -0.39 is 0 Å². The molecule has 0 heterocycles. The summed E-state index contributed by atoms with van der Waals surface area (Å²) in [5.41, 5.74) is 21.6. The van der Waals surface area contributed by atoms with Crippen LogP contribution in [-0.2, 0) is 38.5 Å². The highest BCUT2D eigenvalue weighted by Gasteiger charge is 2.13. The highest BCUT2D eigenvalue weighted by Crippen LogP contribution is 2.19. The molecule has 3 heteroatoms. The summed E-state index contributed by atoms with van der Waals surface area (Å²) in [7, 11) is 0. The predicted molar refractivity (Wildman–Crippen MR) is 127 cm³/mol. The van der Waals surface area contributed by atoms with E-state index in [0.29, 0.717) is 0 Å². The first kappa shape index (κ1) is 23.6. The summed E-state index contributed by atoms with van der Waals surface area (Å²) in [4.78, 5) is 0. The second-order valence-corrected chi connectivity index (χ2v) is 8.11. The van der Waals surface area contributed by atoms with Crippen molar-refractivity contribution in [3.8, 4) is 0 Å². The van der Waals surface area contributed by atoms with E-state index in [0.717, 1.165) is 51.6 Å². The van der Waals surface area contributed by atoms with Crippen molar-refractivity contribution in [1.82, 2.24) is 5.32 Å². The van der Waals surface area contributed by atoms with E-state index in [9.17, 15) is 0 Å². The predicted octanol–water partition coefficient (Wildman–Crippen LogP) is 3.97. The molecule has 2 aromatic rings. The number of aryl methyl sites for hydroxylation is 4. The highest BCUT2D eigenvalue weighted by molar-refractivity contribution is 5.37. The van der Waals surface area contributed by atoms with Crippen molar-refractivity contribution in [2.75, 3.05) is 13.1 Å². The highest BCUT2D eigenvalue weighted by atomic mass is 14.9. The first-order chi connectivity index (χ1) is 14.0. The van der Waals surface area contributed by atoms with E-state index in [1.54, 1.807) is 0 Å². The zero-order valence-corrected chi connectivity index (χ0v) is 18.9. The lowest BCUT2D eigenvalue weighted by atomic mass is 9.92. The number of hydrogen-bond acceptors (Lipinski definition) is 3. The minimum Gasteiger partial charge on any atom is -0.326 e. The molecule has 0 fully saturated rings. The van der Waals surface area contributed by atoms with E-state index in [4.69, 9.17) is 11.5 Å². The monoisotopic (exact) mass is 395 g/mol. The lowest BCUT2D eigenvalue weighted by Crippen LogP contribution is -2.42. The Hall–Kier alpha value is -1.68. The fourth-order valence-corrected chi connectivity index (χ4v) is 4.35. The van der Waals surface area contributed by atoms with E-state index in [-0.39, 0.29) is 12.1 Å². The summed E-state index contributed by atoms with van der Waals surface area (Å²) in [5.74, 6) is 0. The van der Waals surface area contributed by atoms with Crippen LogP contribution in [-0.4, -0.2) is 25.2 Å². The largest absolute Gasteiger partial charge is 0.326 e. The molecular weight excluding hydrogens is 354 g/mol. The van der Waals surface area contributed by atoms with Crippen LogP contribution in [0, 0.1) is 0 Å². The molecular formula is C26H41N3. The third-order valence-electron chi connectivity index (χ3n) is 6.01. The Balaban J connectivity index is 1.89. The first-order valence-corrected chi connectivity index (χ1v) is 11.4. The van der Waals surface area contributed by atoms with Crippen molar-refractivity contribution >= 4 is 0 Å². The summed E-state index contributed by atoms with van der Waals surface area (Å²) >= 11 is 0. The third kappa shape index (κ3) is 6.67. The summed E-state index contributed by atoms with van der Waals surface area (Å²) < 4.78 is 0. The van der Waals surface area contributed by atoms with Gasteiger partial charge in [0.1, 0.15) is 0 Å². The Morgan fingerprint density at radius 2 is 0.931 bits per heavy atom. The summed E-state index contributed by atoms with van der Waals surface area (Å²) in [6, 6.07) is 13.5. The standard InChI is InChI=1S/C26H41N3/c1-5-19-11-9-12-20(6-2)25(19)15-23(27)17-29-18-24(28)16-26-21(7-3)13-10-14-22(26)8-4/h9-14,23-24,29H,5-8,15-18,27-28H2,1-4H3. The Morgan fingerprint density at radius 3 is 1.21 bits per heavy atom. The molecule has 5 N–H and O–H groups in total. The molecule has 0 bridgehead atoms. The number of nitrogens with two attached hydrogens (primary N) is 2. The van der Waals surface area contributed by atoms with Gasteiger partial charge in [-0.05, 0) is 71.9 Å². The lowest BCUT2D eigenvalue weighted by Gasteiger charge is -2.21. The van der Waals surface area contributed by atoms with Crippen LogP contribution in [0.5, 0.6) is 0 Å². The molecule has 29 heavy (non-hydrogen) atoms. The fourth-order valence-electron chi connectivity index (χ4n) is 4.35. The SMILES string of the molecule is CCc1cccc(CC)c1CC(N)CNCC(N)Cc1c(CC)cccc1CC. The van der Waals surface area contributed by atoms with Gasteiger partial charge >= 0.3 is 0 Å². The molecule has 2 atom stereocenters. The molecule has 2 aromatic carbocycles. The average Bonchev–Trinajstić information content (AvgIpc) is 2.73.